The Morgan fingerprint density at radius 3 is 2.15 bits per heavy atom. The number of nitro groups is 1. The second-order valence-corrected chi connectivity index (χ2v) is 2.36. The summed E-state index contributed by atoms with van der Waals surface area (Å²) in [5.41, 5.74) is 0. The quantitative estimate of drug-likeness (QED) is 0.350. The summed E-state index contributed by atoms with van der Waals surface area (Å²) < 4.78 is 9.94. The molecular formula is C7H15NO5. The zero-order chi connectivity index (χ0) is 10.3. The van der Waals surface area contributed by atoms with Crippen molar-refractivity contribution < 1.29 is 19.5 Å². The van der Waals surface area contributed by atoms with E-state index < -0.39 is 23.9 Å². The number of hydrogen-bond acceptors (Lipinski definition) is 5. The number of rotatable bonds is 7. The molecule has 0 radical (unpaired) electrons. The maximum Gasteiger partial charge on any atom is 0.234 e. The zero-order valence-corrected chi connectivity index (χ0v) is 7.80. The van der Waals surface area contributed by atoms with Crippen molar-refractivity contribution in [3.8, 4) is 0 Å². The highest BCUT2D eigenvalue weighted by atomic mass is 16.7. The highest BCUT2D eigenvalue weighted by Crippen LogP contribution is 2.02. The maximum absolute atomic E-state index is 10.1. The smallest absolute Gasteiger partial charge is 0.234 e. The van der Waals surface area contributed by atoms with E-state index in [2.05, 4.69) is 0 Å². The summed E-state index contributed by atoms with van der Waals surface area (Å²) in [5, 5.41) is 19.3. The minimum Gasteiger partial charge on any atom is -0.381 e. The van der Waals surface area contributed by atoms with Crippen LogP contribution < -0.4 is 0 Å². The summed E-state index contributed by atoms with van der Waals surface area (Å²) in [5.74, 6) is 0. The number of aliphatic hydroxyl groups excluding tert-OH is 1. The van der Waals surface area contributed by atoms with Crippen molar-refractivity contribution in [2.75, 3.05) is 19.8 Å². The standard InChI is InChI=1S/C7H15NO5/c1-3-12-7(13-4-2)6(9)5-8(10)11/h6-7,9H,3-5H2,1-2H3. The van der Waals surface area contributed by atoms with Crippen molar-refractivity contribution in [3.05, 3.63) is 10.1 Å². The Hall–Kier alpha value is -0.720. The molecule has 0 aliphatic rings. The fourth-order valence-corrected chi connectivity index (χ4v) is 0.838. The fourth-order valence-electron chi connectivity index (χ4n) is 0.838. The second kappa shape index (κ2) is 6.76. The van der Waals surface area contributed by atoms with Gasteiger partial charge in [-0.3, -0.25) is 10.1 Å². The Morgan fingerprint density at radius 2 is 1.85 bits per heavy atom. The third-order valence-corrected chi connectivity index (χ3v) is 1.31. The summed E-state index contributed by atoms with van der Waals surface area (Å²) in [6, 6.07) is 0. The van der Waals surface area contributed by atoms with Crippen molar-refractivity contribution >= 4 is 0 Å². The molecule has 0 saturated carbocycles. The van der Waals surface area contributed by atoms with E-state index in [1.165, 1.54) is 0 Å². The first-order chi connectivity index (χ1) is 6.11. The van der Waals surface area contributed by atoms with Gasteiger partial charge in [0, 0.05) is 18.1 Å². The number of aliphatic hydroxyl groups is 1. The Labute approximate surface area is 76.6 Å². The third-order valence-electron chi connectivity index (χ3n) is 1.31. The lowest BCUT2D eigenvalue weighted by molar-refractivity contribution is -0.496. The molecule has 1 atom stereocenters. The SMILES string of the molecule is CCOC(OCC)C(O)C[N+](=O)[O-]. The van der Waals surface area contributed by atoms with Crippen molar-refractivity contribution in [1.29, 1.82) is 0 Å². The highest BCUT2D eigenvalue weighted by molar-refractivity contribution is 4.58. The molecule has 0 aromatic carbocycles. The molecule has 0 aliphatic carbocycles. The first-order valence-corrected chi connectivity index (χ1v) is 4.14. The average molecular weight is 193 g/mol. The predicted octanol–water partition coefficient (Wildman–Crippen LogP) is 0.0231. The van der Waals surface area contributed by atoms with Gasteiger partial charge in [0.05, 0.1) is 0 Å². The van der Waals surface area contributed by atoms with Crippen LogP contribution in [0.1, 0.15) is 13.8 Å². The van der Waals surface area contributed by atoms with Crippen LogP contribution in [0.4, 0.5) is 0 Å². The molecule has 0 aromatic rings. The van der Waals surface area contributed by atoms with Gasteiger partial charge in [-0.15, -0.1) is 0 Å². The molecule has 0 rings (SSSR count). The van der Waals surface area contributed by atoms with Crippen LogP contribution >= 0.6 is 0 Å². The van der Waals surface area contributed by atoms with Crippen LogP contribution in [-0.2, 0) is 9.47 Å². The van der Waals surface area contributed by atoms with E-state index in [1.807, 2.05) is 0 Å². The van der Waals surface area contributed by atoms with Gasteiger partial charge in [0.25, 0.3) is 0 Å². The van der Waals surface area contributed by atoms with Crippen molar-refractivity contribution in [2.24, 2.45) is 0 Å². The van der Waals surface area contributed by atoms with Gasteiger partial charge in [-0.1, -0.05) is 0 Å². The van der Waals surface area contributed by atoms with Gasteiger partial charge in [-0.25, -0.2) is 0 Å². The van der Waals surface area contributed by atoms with E-state index in [0.29, 0.717) is 13.2 Å². The van der Waals surface area contributed by atoms with Crippen molar-refractivity contribution in [2.45, 2.75) is 26.2 Å². The summed E-state index contributed by atoms with van der Waals surface area (Å²) in [4.78, 5) is 9.46. The van der Waals surface area contributed by atoms with Crippen LogP contribution in [-0.4, -0.2) is 42.2 Å². The van der Waals surface area contributed by atoms with Crippen molar-refractivity contribution in [1.82, 2.24) is 0 Å². The molecule has 78 valence electrons. The molecule has 0 heterocycles. The molecule has 0 aromatic heterocycles. The number of ether oxygens (including phenoxy) is 2. The molecule has 0 aliphatic heterocycles. The van der Waals surface area contributed by atoms with Gasteiger partial charge in [-0.05, 0) is 13.8 Å². The Balaban J connectivity index is 3.93. The zero-order valence-electron chi connectivity index (χ0n) is 7.80. The Morgan fingerprint density at radius 1 is 1.38 bits per heavy atom. The van der Waals surface area contributed by atoms with Crippen LogP contribution in [0.5, 0.6) is 0 Å². The average Bonchev–Trinajstić information content (AvgIpc) is 2.02. The van der Waals surface area contributed by atoms with Crippen molar-refractivity contribution in [3.63, 3.8) is 0 Å². The van der Waals surface area contributed by atoms with Crippen LogP contribution in [0, 0.1) is 10.1 Å². The van der Waals surface area contributed by atoms with Crippen LogP contribution in [0.15, 0.2) is 0 Å². The molecule has 0 bridgehead atoms. The fraction of sp³-hybridized carbons (Fsp3) is 1.00. The van der Waals surface area contributed by atoms with Gasteiger partial charge in [0.15, 0.2) is 12.4 Å². The van der Waals surface area contributed by atoms with Gasteiger partial charge in [0.1, 0.15) is 0 Å². The predicted molar refractivity (Wildman–Crippen MR) is 44.9 cm³/mol. The minimum absolute atomic E-state index is 0.347. The van der Waals surface area contributed by atoms with E-state index in [9.17, 15) is 15.2 Å². The Bertz CT molecular complexity index is 146. The summed E-state index contributed by atoms with van der Waals surface area (Å²) in [7, 11) is 0. The molecule has 13 heavy (non-hydrogen) atoms. The second-order valence-electron chi connectivity index (χ2n) is 2.36. The monoisotopic (exact) mass is 193 g/mol. The topological polar surface area (TPSA) is 81.8 Å². The lowest BCUT2D eigenvalue weighted by atomic mass is 10.3. The molecule has 6 heteroatoms. The number of hydrogen-bond donors (Lipinski definition) is 1. The molecule has 0 amide bonds. The third kappa shape index (κ3) is 5.51. The summed E-state index contributed by atoms with van der Waals surface area (Å²) in [6.45, 7) is 3.58. The molecule has 0 saturated heterocycles. The largest absolute Gasteiger partial charge is 0.381 e. The molecule has 0 fully saturated rings. The van der Waals surface area contributed by atoms with Crippen LogP contribution in [0.25, 0.3) is 0 Å². The van der Waals surface area contributed by atoms with E-state index in [4.69, 9.17) is 9.47 Å². The van der Waals surface area contributed by atoms with E-state index in [0.717, 1.165) is 0 Å². The molecule has 1 unspecified atom stereocenters. The van der Waals surface area contributed by atoms with Gasteiger partial charge in [0.2, 0.25) is 6.54 Å². The summed E-state index contributed by atoms with van der Waals surface area (Å²) in [6.07, 6.45) is -2.12. The molecular weight excluding hydrogens is 178 g/mol. The van der Waals surface area contributed by atoms with E-state index in [1.54, 1.807) is 13.8 Å². The van der Waals surface area contributed by atoms with Crippen LogP contribution in [0.3, 0.4) is 0 Å². The van der Waals surface area contributed by atoms with Gasteiger partial charge < -0.3 is 14.6 Å². The number of nitrogens with zero attached hydrogens (tertiary/aromatic N) is 1. The lowest BCUT2D eigenvalue weighted by Gasteiger charge is -2.19. The van der Waals surface area contributed by atoms with Gasteiger partial charge >= 0.3 is 0 Å². The minimum atomic E-state index is -1.21. The van der Waals surface area contributed by atoms with E-state index in [-0.39, 0.29) is 0 Å². The molecule has 1 N–H and O–H groups in total. The normalized spacial score (nSPS) is 13.2. The van der Waals surface area contributed by atoms with Crippen LogP contribution in [0.2, 0.25) is 0 Å². The lowest BCUT2D eigenvalue weighted by Crippen LogP contribution is -2.37. The Kier molecular flexibility index (Phi) is 6.38. The molecule has 0 spiro atoms. The maximum atomic E-state index is 10.1. The summed E-state index contributed by atoms with van der Waals surface area (Å²) >= 11 is 0. The highest BCUT2D eigenvalue weighted by Gasteiger charge is 2.24. The first-order valence-electron chi connectivity index (χ1n) is 4.14. The molecule has 6 nitrogen and oxygen atoms in total. The first kappa shape index (κ1) is 12.3. The van der Waals surface area contributed by atoms with Gasteiger partial charge in [-0.2, -0.15) is 0 Å². The van der Waals surface area contributed by atoms with E-state index >= 15 is 0 Å².